The van der Waals surface area contributed by atoms with E-state index in [-0.39, 0.29) is 0 Å². The summed E-state index contributed by atoms with van der Waals surface area (Å²) in [6.45, 7) is 0. The Balaban J connectivity index is 2.83. The fourth-order valence-corrected chi connectivity index (χ4v) is 0.909. The molecule has 0 spiro atoms. The van der Waals surface area contributed by atoms with E-state index in [2.05, 4.69) is 9.72 Å². The lowest BCUT2D eigenvalue weighted by atomic mass is 10.2. The number of ether oxygens (including phenoxy) is 1. The van der Waals surface area contributed by atoms with Gasteiger partial charge in [-0.05, 0) is 6.07 Å². The van der Waals surface area contributed by atoms with Crippen LogP contribution in [0, 0.1) is 0 Å². The number of halogens is 1. The first kappa shape index (κ1) is 9.95. The zero-order valence-corrected chi connectivity index (χ0v) is 7.65. The number of esters is 1. The van der Waals surface area contributed by atoms with Gasteiger partial charge in [-0.25, -0.2) is 9.78 Å². The quantitative estimate of drug-likeness (QED) is 0.572. The average molecular weight is 202 g/mol. The van der Waals surface area contributed by atoms with Crippen LogP contribution in [0.3, 0.4) is 0 Å². The molecule has 13 heavy (non-hydrogen) atoms. The van der Waals surface area contributed by atoms with Gasteiger partial charge in [0.05, 0.1) is 7.11 Å². The van der Waals surface area contributed by atoms with Gasteiger partial charge in [0.1, 0.15) is 5.15 Å². The maximum absolute atomic E-state index is 10.9. The summed E-state index contributed by atoms with van der Waals surface area (Å²) in [6.07, 6.45) is 0.0268. The van der Waals surface area contributed by atoms with Crippen LogP contribution in [0.1, 0.15) is 11.7 Å². The standard InChI is InChI=1S/C8H8ClNO3/c1-13-8(12)7(11)5-2-3-6(9)10-4-5/h2-4,7,11H,1H3. The maximum Gasteiger partial charge on any atom is 0.339 e. The van der Waals surface area contributed by atoms with Crippen molar-refractivity contribution >= 4 is 17.6 Å². The molecule has 0 aromatic carbocycles. The Morgan fingerprint density at radius 2 is 2.38 bits per heavy atom. The number of aliphatic hydroxyl groups is 1. The van der Waals surface area contributed by atoms with E-state index in [0.717, 1.165) is 0 Å². The highest BCUT2D eigenvalue weighted by atomic mass is 35.5. The highest BCUT2D eigenvalue weighted by Gasteiger charge is 2.17. The Labute approximate surface area is 80.1 Å². The van der Waals surface area contributed by atoms with Gasteiger partial charge < -0.3 is 9.84 Å². The van der Waals surface area contributed by atoms with Gasteiger partial charge in [0.15, 0.2) is 6.10 Å². The molecule has 0 aliphatic rings. The van der Waals surface area contributed by atoms with Gasteiger partial charge in [0, 0.05) is 11.8 Å². The lowest BCUT2D eigenvalue weighted by Crippen LogP contribution is -2.13. The smallest absolute Gasteiger partial charge is 0.339 e. The normalized spacial score (nSPS) is 12.2. The van der Waals surface area contributed by atoms with Crippen molar-refractivity contribution in [3.05, 3.63) is 29.0 Å². The third kappa shape index (κ3) is 2.40. The van der Waals surface area contributed by atoms with E-state index in [1.165, 1.54) is 25.4 Å². The highest BCUT2D eigenvalue weighted by molar-refractivity contribution is 6.29. The molecule has 4 nitrogen and oxygen atoms in total. The number of aliphatic hydroxyl groups excluding tert-OH is 1. The Kier molecular flexibility index (Phi) is 3.22. The summed E-state index contributed by atoms with van der Waals surface area (Å²) in [4.78, 5) is 14.6. The van der Waals surface area contributed by atoms with Crippen LogP contribution < -0.4 is 0 Å². The minimum Gasteiger partial charge on any atom is -0.467 e. The Hall–Kier alpha value is -1.13. The molecule has 0 saturated heterocycles. The average Bonchev–Trinajstić information content (AvgIpc) is 2.17. The number of carbonyl (C=O) groups is 1. The second kappa shape index (κ2) is 4.20. The van der Waals surface area contributed by atoms with Crippen molar-refractivity contribution in [3.8, 4) is 0 Å². The topological polar surface area (TPSA) is 59.4 Å². The second-order valence-corrected chi connectivity index (χ2v) is 2.73. The van der Waals surface area contributed by atoms with Crippen molar-refractivity contribution in [2.45, 2.75) is 6.10 Å². The molecule has 1 atom stereocenters. The first-order chi connectivity index (χ1) is 6.15. The largest absolute Gasteiger partial charge is 0.467 e. The van der Waals surface area contributed by atoms with E-state index >= 15 is 0 Å². The van der Waals surface area contributed by atoms with E-state index in [1.807, 2.05) is 0 Å². The molecule has 0 amide bonds. The fourth-order valence-electron chi connectivity index (χ4n) is 0.797. The molecule has 0 aliphatic carbocycles. The zero-order valence-electron chi connectivity index (χ0n) is 6.90. The Morgan fingerprint density at radius 3 is 2.85 bits per heavy atom. The van der Waals surface area contributed by atoms with Gasteiger partial charge in [-0.3, -0.25) is 0 Å². The van der Waals surface area contributed by atoms with Crippen molar-refractivity contribution < 1.29 is 14.6 Å². The summed E-state index contributed by atoms with van der Waals surface area (Å²) in [7, 11) is 1.20. The van der Waals surface area contributed by atoms with Crippen molar-refractivity contribution in [2.24, 2.45) is 0 Å². The number of hydrogen-bond acceptors (Lipinski definition) is 4. The van der Waals surface area contributed by atoms with Gasteiger partial charge in [-0.15, -0.1) is 0 Å². The molecule has 0 bridgehead atoms. The van der Waals surface area contributed by atoms with Crippen LogP contribution in [0.4, 0.5) is 0 Å². The molecule has 1 aromatic heterocycles. The summed E-state index contributed by atoms with van der Waals surface area (Å²) < 4.78 is 4.35. The van der Waals surface area contributed by atoms with Crippen molar-refractivity contribution in [1.82, 2.24) is 4.98 Å². The van der Waals surface area contributed by atoms with E-state index < -0.39 is 12.1 Å². The number of aromatic nitrogens is 1. The molecule has 0 aliphatic heterocycles. The summed E-state index contributed by atoms with van der Waals surface area (Å²) in [6, 6.07) is 3.00. The number of hydrogen-bond donors (Lipinski definition) is 1. The first-order valence-corrected chi connectivity index (χ1v) is 3.90. The molecule has 5 heteroatoms. The van der Waals surface area contributed by atoms with Crippen molar-refractivity contribution in [2.75, 3.05) is 7.11 Å². The molecule has 0 saturated carbocycles. The minimum absolute atomic E-state index is 0.306. The molecule has 1 heterocycles. The number of rotatable bonds is 2. The van der Waals surface area contributed by atoms with Gasteiger partial charge in [-0.1, -0.05) is 17.7 Å². The first-order valence-electron chi connectivity index (χ1n) is 3.52. The van der Waals surface area contributed by atoms with Crippen LogP contribution in [-0.4, -0.2) is 23.2 Å². The van der Waals surface area contributed by atoms with Crippen LogP contribution in [0.15, 0.2) is 18.3 Å². The highest BCUT2D eigenvalue weighted by Crippen LogP contribution is 2.14. The lowest BCUT2D eigenvalue weighted by molar-refractivity contribution is -0.150. The molecule has 1 unspecified atom stereocenters. The van der Waals surface area contributed by atoms with Crippen molar-refractivity contribution in [3.63, 3.8) is 0 Å². The van der Waals surface area contributed by atoms with E-state index in [4.69, 9.17) is 11.6 Å². The monoisotopic (exact) mass is 201 g/mol. The SMILES string of the molecule is COC(=O)C(O)c1ccc(Cl)nc1. The van der Waals surface area contributed by atoms with E-state index in [0.29, 0.717) is 10.7 Å². The Morgan fingerprint density at radius 1 is 1.69 bits per heavy atom. The molecule has 70 valence electrons. The molecule has 1 aromatic rings. The number of methoxy groups -OCH3 is 1. The molecular weight excluding hydrogens is 194 g/mol. The third-order valence-electron chi connectivity index (χ3n) is 1.49. The minimum atomic E-state index is -1.30. The Bertz CT molecular complexity index is 299. The molecule has 0 fully saturated rings. The van der Waals surface area contributed by atoms with Crippen LogP contribution in [0.5, 0.6) is 0 Å². The van der Waals surface area contributed by atoms with Gasteiger partial charge in [0.2, 0.25) is 0 Å². The molecule has 1 N–H and O–H groups in total. The van der Waals surface area contributed by atoms with Crippen LogP contribution >= 0.6 is 11.6 Å². The zero-order chi connectivity index (χ0) is 9.84. The predicted molar refractivity (Wildman–Crippen MR) is 46.2 cm³/mol. The maximum atomic E-state index is 10.9. The summed E-state index contributed by atoms with van der Waals surface area (Å²) in [5, 5.41) is 9.63. The van der Waals surface area contributed by atoms with Crippen molar-refractivity contribution in [1.29, 1.82) is 0 Å². The predicted octanol–water partition coefficient (Wildman–Crippen LogP) is 0.941. The van der Waals surface area contributed by atoms with Crippen LogP contribution in [0.25, 0.3) is 0 Å². The summed E-state index contributed by atoms with van der Waals surface area (Å²) in [5.74, 6) is -0.718. The van der Waals surface area contributed by atoms with E-state index in [1.54, 1.807) is 0 Å². The molecular formula is C8H8ClNO3. The summed E-state index contributed by atoms with van der Waals surface area (Å²) in [5.41, 5.74) is 0.358. The van der Waals surface area contributed by atoms with E-state index in [9.17, 15) is 9.90 Å². The lowest BCUT2D eigenvalue weighted by Gasteiger charge is -2.07. The number of carbonyl (C=O) groups excluding carboxylic acids is 1. The fraction of sp³-hybridized carbons (Fsp3) is 0.250. The van der Waals surface area contributed by atoms with Crippen LogP contribution in [0.2, 0.25) is 5.15 Å². The second-order valence-electron chi connectivity index (χ2n) is 2.34. The molecule has 1 rings (SSSR count). The van der Waals surface area contributed by atoms with Gasteiger partial charge in [-0.2, -0.15) is 0 Å². The van der Waals surface area contributed by atoms with Gasteiger partial charge in [0.25, 0.3) is 0 Å². The molecule has 0 radical (unpaired) electrons. The summed E-state index contributed by atoms with van der Waals surface area (Å²) >= 11 is 5.52. The number of pyridine rings is 1. The third-order valence-corrected chi connectivity index (χ3v) is 1.71. The van der Waals surface area contributed by atoms with Crippen LogP contribution in [-0.2, 0) is 9.53 Å². The van der Waals surface area contributed by atoms with Gasteiger partial charge >= 0.3 is 5.97 Å². The number of nitrogens with zero attached hydrogens (tertiary/aromatic N) is 1.